The molecule has 1 fully saturated rings. The summed E-state index contributed by atoms with van der Waals surface area (Å²) >= 11 is 0. The van der Waals surface area contributed by atoms with Gasteiger partial charge < -0.3 is 15.0 Å². The standard InChI is InChI=1S/C20H23N3O3/c1-15-6-5-11-21-18(15)22-19(24)17-9-12-23(13-10-17)20(25)26-14-16-7-3-2-4-8-16/h2-8,11,17H,9-10,12-14H2,1H3,(H,21,22,24). The molecule has 0 atom stereocenters. The summed E-state index contributed by atoms with van der Waals surface area (Å²) in [5, 5.41) is 2.89. The number of nitrogens with one attached hydrogen (secondary N) is 1. The van der Waals surface area contributed by atoms with Crippen LogP contribution in [0.2, 0.25) is 0 Å². The lowest BCUT2D eigenvalue weighted by atomic mass is 9.96. The smallest absolute Gasteiger partial charge is 0.410 e. The summed E-state index contributed by atoms with van der Waals surface area (Å²) in [6, 6.07) is 13.3. The summed E-state index contributed by atoms with van der Waals surface area (Å²) in [5.74, 6) is 0.445. The Kier molecular flexibility index (Phi) is 5.84. The third kappa shape index (κ3) is 4.59. The largest absolute Gasteiger partial charge is 0.445 e. The van der Waals surface area contributed by atoms with E-state index in [1.54, 1.807) is 11.1 Å². The monoisotopic (exact) mass is 353 g/mol. The van der Waals surface area contributed by atoms with Crippen molar-refractivity contribution < 1.29 is 14.3 Å². The number of hydrogen-bond donors (Lipinski definition) is 1. The van der Waals surface area contributed by atoms with Crippen LogP contribution in [0.4, 0.5) is 10.6 Å². The molecule has 26 heavy (non-hydrogen) atoms. The molecule has 6 nitrogen and oxygen atoms in total. The Labute approximate surface area is 153 Å². The number of carbonyl (C=O) groups is 2. The van der Waals surface area contributed by atoms with Crippen LogP contribution in [0.15, 0.2) is 48.7 Å². The molecule has 0 aliphatic carbocycles. The summed E-state index contributed by atoms with van der Waals surface area (Å²) in [4.78, 5) is 30.5. The molecule has 1 aliphatic rings. The Bertz CT molecular complexity index is 756. The van der Waals surface area contributed by atoms with E-state index in [-0.39, 0.29) is 24.5 Å². The number of benzene rings is 1. The summed E-state index contributed by atoms with van der Waals surface area (Å²) in [7, 11) is 0. The summed E-state index contributed by atoms with van der Waals surface area (Å²) in [6.07, 6.45) is 2.58. The van der Waals surface area contributed by atoms with Gasteiger partial charge in [0.15, 0.2) is 0 Å². The van der Waals surface area contributed by atoms with Gasteiger partial charge in [-0.3, -0.25) is 4.79 Å². The molecule has 0 radical (unpaired) electrons. The molecule has 1 aromatic heterocycles. The fourth-order valence-corrected chi connectivity index (χ4v) is 2.97. The molecule has 0 spiro atoms. The van der Waals surface area contributed by atoms with E-state index in [1.807, 2.05) is 49.4 Å². The second-order valence-corrected chi connectivity index (χ2v) is 6.46. The van der Waals surface area contributed by atoms with E-state index in [1.165, 1.54) is 0 Å². The van der Waals surface area contributed by atoms with Crippen LogP contribution in [0.3, 0.4) is 0 Å². The van der Waals surface area contributed by atoms with Crippen molar-refractivity contribution in [2.24, 2.45) is 5.92 Å². The molecule has 136 valence electrons. The van der Waals surface area contributed by atoms with Crippen LogP contribution in [0.25, 0.3) is 0 Å². The van der Waals surface area contributed by atoms with E-state index in [9.17, 15) is 9.59 Å². The molecule has 1 saturated heterocycles. The van der Waals surface area contributed by atoms with Crippen molar-refractivity contribution in [2.45, 2.75) is 26.4 Å². The number of likely N-dealkylation sites (tertiary alicyclic amines) is 1. The van der Waals surface area contributed by atoms with Gasteiger partial charge >= 0.3 is 6.09 Å². The SMILES string of the molecule is Cc1cccnc1NC(=O)C1CCN(C(=O)OCc2ccccc2)CC1. The number of carbonyl (C=O) groups excluding carboxylic acids is 2. The van der Waals surface area contributed by atoms with Gasteiger partial charge in [-0.05, 0) is 37.0 Å². The fraction of sp³-hybridized carbons (Fsp3) is 0.350. The Balaban J connectivity index is 1.45. The molecule has 1 aromatic carbocycles. The second-order valence-electron chi connectivity index (χ2n) is 6.46. The number of nitrogens with zero attached hydrogens (tertiary/aromatic N) is 2. The Morgan fingerprint density at radius 2 is 1.88 bits per heavy atom. The first-order valence-corrected chi connectivity index (χ1v) is 8.81. The number of amides is 2. The van der Waals surface area contributed by atoms with Crippen LogP contribution in [0, 0.1) is 12.8 Å². The maximum atomic E-state index is 12.4. The average Bonchev–Trinajstić information content (AvgIpc) is 2.69. The molecule has 1 aliphatic heterocycles. The number of hydrogen-bond acceptors (Lipinski definition) is 4. The summed E-state index contributed by atoms with van der Waals surface area (Å²) in [5.41, 5.74) is 1.89. The molecule has 1 N–H and O–H groups in total. The van der Waals surface area contributed by atoms with Crippen LogP contribution < -0.4 is 5.32 Å². The van der Waals surface area contributed by atoms with Gasteiger partial charge in [0.2, 0.25) is 5.91 Å². The Morgan fingerprint density at radius 1 is 1.15 bits per heavy atom. The number of ether oxygens (including phenoxy) is 1. The molecule has 2 amide bonds. The van der Waals surface area contributed by atoms with Crippen LogP contribution in [0.1, 0.15) is 24.0 Å². The van der Waals surface area contributed by atoms with Gasteiger partial charge in [0.05, 0.1) is 0 Å². The van der Waals surface area contributed by atoms with Crippen molar-refractivity contribution in [3.8, 4) is 0 Å². The first-order chi connectivity index (χ1) is 12.6. The minimum absolute atomic E-state index is 0.0379. The number of aromatic nitrogens is 1. The van der Waals surface area contributed by atoms with Crippen molar-refractivity contribution >= 4 is 17.8 Å². The highest BCUT2D eigenvalue weighted by Gasteiger charge is 2.28. The molecule has 2 aromatic rings. The highest BCUT2D eigenvalue weighted by Crippen LogP contribution is 2.20. The second kappa shape index (κ2) is 8.47. The van der Waals surface area contributed by atoms with Gasteiger partial charge in [-0.2, -0.15) is 0 Å². The van der Waals surface area contributed by atoms with E-state index in [0.717, 1.165) is 11.1 Å². The zero-order valence-corrected chi connectivity index (χ0v) is 14.9. The third-order valence-electron chi connectivity index (χ3n) is 4.58. The molecule has 2 heterocycles. The first kappa shape index (κ1) is 17.9. The highest BCUT2D eigenvalue weighted by molar-refractivity contribution is 5.92. The average molecular weight is 353 g/mol. The lowest BCUT2D eigenvalue weighted by Gasteiger charge is -2.30. The predicted molar refractivity (Wildman–Crippen MR) is 98.5 cm³/mol. The van der Waals surface area contributed by atoms with Crippen LogP contribution in [-0.4, -0.2) is 35.0 Å². The minimum atomic E-state index is -0.326. The molecule has 0 saturated carbocycles. The normalized spacial score (nSPS) is 14.7. The first-order valence-electron chi connectivity index (χ1n) is 8.81. The van der Waals surface area contributed by atoms with E-state index in [2.05, 4.69) is 10.3 Å². The van der Waals surface area contributed by atoms with Gasteiger partial charge in [0, 0.05) is 25.2 Å². The Morgan fingerprint density at radius 3 is 2.58 bits per heavy atom. The lowest BCUT2D eigenvalue weighted by Crippen LogP contribution is -2.41. The van der Waals surface area contributed by atoms with Gasteiger partial charge in [-0.25, -0.2) is 9.78 Å². The maximum Gasteiger partial charge on any atom is 0.410 e. The highest BCUT2D eigenvalue weighted by atomic mass is 16.6. The van der Waals surface area contributed by atoms with Crippen molar-refractivity contribution in [1.82, 2.24) is 9.88 Å². The quantitative estimate of drug-likeness (QED) is 0.915. The lowest BCUT2D eigenvalue weighted by molar-refractivity contribution is -0.121. The van der Waals surface area contributed by atoms with Crippen LogP contribution in [0.5, 0.6) is 0 Å². The number of anilines is 1. The van der Waals surface area contributed by atoms with Gasteiger partial charge in [0.25, 0.3) is 0 Å². The molecular weight excluding hydrogens is 330 g/mol. The van der Waals surface area contributed by atoms with Crippen molar-refractivity contribution in [3.05, 3.63) is 59.8 Å². The minimum Gasteiger partial charge on any atom is -0.445 e. The molecule has 6 heteroatoms. The van der Waals surface area contributed by atoms with E-state index < -0.39 is 0 Å². The molecule has 0 unspecified atom stereocenters. The zero-order valence-electron chi connectivity index (χ0n) is 14.9. The number of rotatable bonds is 4. The summed E-state index contributed by atoms with van der Waals surface area (Å²) < 4.78 is 5.35. The zero-order chi connectivity index (χ0) is 18.4. The molecule has 0 bridgehead atoms. The number of piperidine rings is 1. The van der Waals surface area contributed by atoms with Gasteiger partial charge in [-0.15, -0.1) is 0 Å². The van der Waals surface area contributed by atoms with E-state index in [0.29, 0.717) is 31.7 Å². The molecular formula is C20H23N3O3. The Hall–Kier alpha value is -2.89. The maximum absolute atomic E-state index is 12.4. The van der Waals surface area contributed by atoms with E-state index in [4.69, 9.17) is 4.74 Å². The number of aryl methyl sites for hydroxylation is 1. The van der Waals surface area contributed by atoms with Crippen LogP contribution in [-0.2, 0) is 16.1 Å². The number of pyridine rings is 1. The molecule has 3 rings (SSSR count). The fourth-order valence-electron chi connectivity index (χ4n) is 2.97. The van der Waals surface area contributed by atoms with Crippen molar-refractivity contribution in [1.29, 1.82) is 0 Å². The van der Waals surface area contributed by atoms with Gasteiger partial charge in [0.1, 0.15) is 12.4 Å². The van der Waals surface area contributed by atoms with E-state index >= 15 is 0 Å². The van der Waals surface area contributed by atoms with Crippen LogP contribution >= 0.6 is 0 Å². The predicted octanol–water partition coefficient (Wildman–Crippen LogP) is 3.38. The third-order valence-corrected chi connectivity index (χ3v) is 4.58. The topological polar surface area (TPSA) is 71.5 Å². The van der Waals surface area contributed by atoms with Crippen molar-refractivity contribution in [3.63, 3.8) is 0 Å². The van der Waals surface area contributed by atoms with Gasteiger partial charge in [-0.1, -0.05) is 36.4 Å². The summed E-state index contributed by atoms with van der Waals surface area (Å²) in [6.45, 7) is 3.22. The van der Waals surface area contributed by atoms with Crippen molar-refractivity contribution in [2.75, 3.05) is 18.4 Å².